The summed E-state index contributed by atoms with van der Waals surface area (Å²) >= 11 is 0. The molecule has 0 bridgehead atoms. The highest BCUT2D eigenvalue weighted by molar-refractivity contribution is 5.92. The fourth-order valence-corrected chi connectivity index (χ4v) is 1.91. The number of aryl methyl sites for hydroxylation is 1. The minimum absolute atomic E-state index is 0.391. The van der Waals surface area contributed by atoms with Gasteiger partial charge in [0.2, 0.25) is 0 Å². The van der Waals surface area contributed by atoms with Gasteiger partial charge in [-0.1, -0.05) is 42.5 Å². The minimum Gasteiger partial charge on any atom is -0.489 e. The Labute approximate surface area is 124 Å². The van der Waals surface area contributed by atoms with E-state index in [2.05, 4.69) is 0 Å². The van der Waals surface area contributed by atoms with E-state index in [-0.39, 0.29) is 0 Å². The lowest BCUT2D eigenvalue weighted by molar-refractivity contribution is 0.0596. The van der Waals surface area contributed by atoms with Crippen molar-refractivity contribution in [3.8, 4) is 5.75 Å². The molecule has 0 radical (unpaired) electrons. The van der Waals surface area contributed by atoms with E-state index >= 15 is 0 Å². The van der Waals surface area contributed by atoms with Gasteiger partial charge >= 0.3 is 5.97 Å². The van der Waals surface area contributed by atoms with Crippen LogP contribution in [0.4, 0.5) is 0 Å². The molecular formula is C18H18O3. The number of ether oxygens (including phenoxy) is 2. The van der Waals surface area contributed by atoms with E-state index in [0.29, 0.717) is 17.9 Å². The van der Waals surface area contributed by atoms with Crippen LogP contribution >= 0.6 is 0 Å². The van der Waals surface area contributed by atoms with Gasteiger partial charge < -0.3 is 9.47 Å². The van der Waals surface area contributed by atoms with Crippen LogP contribution in [0.5, 0.6) is 5.75 Å². The summed E-state index contributed by atoms with van der Waals surface area (Å²) in [6.07, 6.45) is 3.90. The van der Waals surface area contributed by atoms with Crippen LogP contribution in [0.3, 0.4) is 0 Å². The highest BCUT2D eigenvalue weighted by atomic mass is 16.5. The van der Waals surface area contributed by atoms with Crippen molar-refractivity contribution >= 4 is 12.0 Å². The van der Waals surface area contributed by atoms with E-state index < -0.39 is 5.97 Å². The van der Waals surface area contributed by atoms with Crippen molar-refractivity contribution in [1.29, 1.82) is 0 Å². The molecule has 2 aromatic rings. The van der Waals surface area contributed by atoms with Gasteiger partial charge in [0, 0.05) is 0 Å². The first kappa shape index (κ1) is 14.9. The highest BCUT2D eigenvalue weighted by Gasteiger charge is 2.12. The van der Waals surface area contributed by atoms with Gasteiger partial charge in [0.25, 0.3) is 0 Å². The summed E-state index contributed by atoms with van der Waals surface area (Å²) < 4.78 is 10.4. The Morgan fingerprint density at radius 1 is 1.14 bits per heavy atom. The van der Waals surface area contributed by atoms with E-state index in [1.165, 1.54) is 7.11 Å². The van der Waals surface area contributed by atoms with E-state index in [9.17, 15) is 4.79 Å². The molecule has 0 saturated carbocycles. The first-order chi connectivity index (χ1) is 10.2. The number of esters is 1. The maximum Gasteiger partial charge on any atom is 0.341 e. The number of carbonyl (C=O) groups excluding carboxylic acids is 1. The van der Waals surface area contributed by atoms with Crippen molar-refractivity contribution in [1.82, 2.24) is 0 Å². The Kier molecular flexibility index (Phi) is 5.16. The van der Waals surface area contributed by atoms with Crippen molar-refractivity contribution in [2.45, 2.75) is 6.92 Å². The SMILES string of the molecule is COC(=O)c1ccc(C)cc1OC/C=C/c1ccccc1. The normalized spacial score (nSPS) is 10.6. The average molecular weight is 282 g/mol. The van der Waals surface area contributed by atoms with E-state index in [1.807, 2.05) is 61.5 Å². The summed E-state index contributed by atoms with van der Waals surface area (Å²) in [5.74, 6) is 0.150. The molecule has 0 aromatic heterocycles. The summed E-state index contributed by atoms with van der Waals surface area (Å²) in [7, 11) is 1.36. The third kappa shape index (κ3) is 4.21. The number of hydrogen-bond acceptors (Lipinski definition) is 3. The molecule has 3 heteroatoms. The Bertz CT molecular complexity index is 630. The standard InChI is InChI=1S/C18H18O3/c1-14-10-11-16(18(19)20-2)17(13-14)21-12-6-9-15-7-4-3-5-8-15/h3-11,13H,12H2,1-2H3/b9-6+. The van der Waals surface area contributed by atoms with Crippen molar-refractivity contribution < 1.29 is 14.3 Å². The van der Waals surface area contributed by atoms with Gasteiger partial charge in [0.1, 0.15) is 17.9 Å². The molecule has 2 aromatic carbocycles. The zero-order valence-electron chi connectivity index (χ0n) is 12.2. The third-order valence-electron chi connectivity index (χ3n) is 2.99. The summed E-state index contributed by atoms with van der Waals surface area (Å²) in [5, 5.41) is 0. The van der Waals surface area contributed by atoms with Gasteiger partial charge in [-0.25, -0.2) is 4.79 Å². The van der Waals surface area contributed by atoms with Crippen LogP contribution < -0.4 is 4.74 Å². The molecule has 0 unspecified atom stereocenters. The Hall–Kier alpha value is -2.55. The second-order valence-electron chi connectivity index (χ2n) is 4.62. The first-order valence-corrected chi connectivity index (χ1v) is 6.74. The second kappa shape index (κ2) is 7.29. The molecule has 0 aliphatic rings. The maximum absolute atomic E-state index is 11.7. The lowest BCUT2D eigenvalue weighted by Gasteiger charge is -2.09. The van der Waals surface area contributed by atoms with Gasteiger partial charge in [-0.15, -0.1) is 0 Å². The molecule has 3 nitrogen and oxygen atoms in total. The van der Waals surface area contributed by atoms with Crippen LogP contribution in [0, 0.1) is 6.92 Å². The molecule has 108 valence electrons. The smallest absolute Gasteiger partial charge is 0.341 e. The lowest BCUT2D eigenvalue weighted by Crippen LogP contribution is -2.06. The van der Waals surface area contributed by atoms with Crippen LogP contribution in [-0.2, 0) is 4.74 Å². The number of rotatable bonds is 5. The van der Waals surface area contributed by atoms with E-state index in [0.717, 1.165) is 11.1 Å². The lowest BCUT2D eigenvalue weighted by atomic mass is 10.1. The number of benzene rings is 2. The van der Waals surface area contributed by atoms with Crippen LogP contribution in [-0.4, -0.2) is 19.7 Å². The molecule has 0 aliphatic heterocycles. The molecule has 0 amide bonds. The molecule has 0 spiro atoms. The van der Waals surface area contributed by atoms with Gasteiger partial charge in [0.05, 0.1) is 7.11 Å². The molecule has 0 atom stereocenters. The van der Waals surface area contributed by atoms with Crippen molar-refractivity contribution in [3.05, 3.63) is 71.3 Å². The largest absolute Gasteiger partial charge is 0.489 e. The number of hydrogen-bond donors (Lipinski definition) is 0. The quantitative estimate of drug-likeness (QED) is 0.781. The molecule has 0 fully saturated rings. The number of methoxy groups -OCH3 is 1. The van der Waals surface area contributed by atoms with Crippen molar-refractivity contribution in [2.24, 2.45) is 0 Å². The van der Waals surface area contributed by atoms with Gasteiger partial charge in [0.15, 0.2) is 0 Å². The molecule has 2 rings (SSSR count). The van der Waals surface area contributed by atoms with Crippen LogP contribution in [0.1, 0.15) is 21.5 Å². The van der Waals surface area contributed by atoms with Gasteiger partial charge in [-0.3, -0.25) is 0 Å². The summed E-state index contributed by atoms with van der Waals surface area (Å²) in [5.41, 5.74) is 2.58. The molecule has 0 N–H and O–H groups in total. The molecular weight excluding hydrogens is 264 g/mol. The fraction of sp³-hybridized carbons (Fsp3) is 0.167. The summed E-state index contributed by atoms with van der Waals surface area (Å²) in [6.45, 7) is 2.34. The van der Waals surface area contributed by atoms with Crippen molar-refractivity contribution in [3.63, 3.8) is 0 Å². The first-order valence-electron chi connectivity index (χ1n) is 6.74. The molecule has 0 aliphatic carbocycles. The average Bonchev–Trinajstić information content (AvgIpc) is 2.52. The predicted octanol–water partition coefficient (Wildman–Crippen LogP) is 3.87. The molecule has 0 saturated heterocycles. The molecule has 21 heavy (non-hydrogen) atoms. The minimum atomic E-state index is -0.392. The third-order valence-corrected chi connectivity index (χ3v) is 2.99. The summed E-state index contributed by atoms with van der Waals surface area (Å²) in [4.78, 5) is 11.7. The van der Waals surface area contributed by atoms with E-state index in [4.69, 9.17) is 9.47 Å². The Morgan fingerprint density at radius 3 is 2.62 bits per heavy atom. The van der Waals surface area contributed by atoms with Gasteiger partial charge in [-0.05, 0) is 36.3 Å². The maximum atomic E-state index is 11.7. The fourth-order valence-electron chi connectivity index (χ4n) is 1.91. The monoisotopic (exact) mass is 282 g/mol. The Balaban J connectivity index is 2.04. The van der Waals surface area contributed by atoms with Crippen LogP contribution in [0.25, 0.3) is 6.08 Å². The van der Waals surface area contributed by atoms with Crippen molar-refractivity contribution in [2.75, 3.05) is 13.7 Å². The zero-order valence-corrected chi connectivity index (χ0v) is 12.2. The van der Waals surface area contributed by atoms with E-state index in [1.54, 1.807) is 6.07 Å². The van der Waals surface area contributed by atoms with Crippen LogP contribution in [0.2, 0.25) is 0 Å². The Morgan fingerprint density at radius 2 is 1.90 bits per heavy atom. The second-order valence-corrected chi connectivity index (χ2v) is 4.62. The number of carbonyl (C=O) groups is 1. The zero-order chi connectivity index (χ0) is 15.1. The highest BCUT2D eigenvalue weighted by Crippen LogP contribution is 2.21. The predicted molar refractivity (Wildman–Crippen MR) is 83.5 cm³/mol. The topological polar surface area (TPSA) is 35.5 Å². The summed E-state index contributed by atoms with van der Waals surface area (Å²) in [6, 6.07) is 15.4. The van der Waals surface area contributed by atoms with Gasteiger partial charge in [-0.2, -0.15) is 0 Å². The van der Waals surface area contributed by atoms with Crippen LogP contribution in [0.15, 0.2) is 54.6 Å². The molecule has 0 heterocycles.